The second-order valence-electron chi connectivity index (χ2n) is 13.2. The minimum Gasteiger partial charge on any atom is -0.265 e. The van der Waals surface area contributed by atoms with Crippen molar-refractivity contribution in [2.75, 3.05) is 0 Å². The van der Waals surface area contributed by atoms with E-state index in [-0.39, 0.29) is 0 Å². The van der Waals surface area contributed by atoms with E-state index in [0.717, 1.165) is 100 Å². The van der Waals surface area contributed by atoms with Crippen LogP contribution < -0.4 is 0 Å². The zero-order valence-electron chi connectivity index (χ0n) is 28.5. The highest BCUT2D eigenvalue weighted by Gasteiger charge is 2.44. The highest BCUT2D eigenvalue weighted by atomic mass is 14.6. The van der Waals surface area contributed by atoms with Crippen LogP contribution in [0.3, 0.4) is 0 Å². The van der Waals surface area contributed by atoms with E-state index in [2.05, 4.69) is 69.6 Å². The Bertz CT molecular complexity index is 2640. The largest absolute Gasteiger partial charge is 0.265 e. The molecule has 7 aromatic rings. The van der Waals surface area contributed by atoms with E-state index in [1.54, 1.807) is 37.2 Å². The Morgan fingerprint density at radius 3 is 0.796 bits per heavy atom. The van der Waals surface area contributed by atoms with E-state index in [1.165, 1.54) is 0 Å². The SMILES string of the molecule is N#CC(=C1c2ccccc2-c2c1c1c(c3c2C(=C(C#N)c2ccncc2)c2ccccc2-3)C(=C(C#N)c2ccncc2)c2ccccc2-1)c1ccncc1. The molecule has 3 aromatic heterocycles. The maximum absolute atomic E-state index is 11.1. The summed E-state index contributed by atoms with van der Waals surface area (Å²) >= 11 is 0. The summed E-state index contributed by atoms with van der Waals surface area (Å²) < 4.78 is 0. The van der Waals surface area contributed by atoms with Crippen LogP contribution in [0.15, 0.2) is 146 Å². The molecule has 0 amide bonds. The molecule has 4 aromatic carbocycles. The Labute approximate surface area is 311 Å². The summed E-state index contributed by atoms with van der Waals surface area (Å²) in [6, 6.07) is 43.7. The van der Waals surface area contributed by atoms with Crippen LogP contribution in [-0.2, 0) is 0 Å². The zero-order chi connectivity index (χ0) is 36.3. The van der Waals surface area contributed by atoms with E-state index < -0.39 is 0 Å². The minimum absolute atomic E-state index is 0.519. The fraction of sp³-hybridized carbons (Fsp3) is 0. The van der Waals surface area contributed by atoms with Gasteiger partial charge in [0.05, 0.1) is 16.7 Å². The van der Waals surface area contributed by atoms with Crippen molar-refractivity contribution in [1.82, 2.24) is 15.0 Å². The fourth-order valence-electron chi connectivity index (χ4n) is 8.60. The molecule has 3 heterocycles. The summed E-state index contributed by atoms with van der Waals surface area (Å²) in [5, 5.41) is 33.2. The Kier molecular flexibility index (Phi) is 6.89. The smallest absolute Gasteiger partial charge is 0.100 e. The lowest BCUT2D eigenvalue weighted by molar-refractivity contribution is 1.32. The van der Waals surface area contributed by atoms with Crippen molar-refractivity contribution in [2.24, 2.45) is 0 Å². The number of nitrogens with zero attached hydrogens (tertiary/aromatic N) is 6. The van der Waals surface area contributed by atoms with Gasteiger partial charge in [-0.05, 0) is 103 Å². The molecule has 0 aliphatic heterocycles. The highest BCUT2D eigenvalue weighted by Crippen LogP contribution is 2.65. The number of nitriles is 3. The number of aromatic nitrogens is 3. The summed E-state index contributed by atoms with van der Waals surface area (Å²) in [7, 11) is 0. The van der Waals surface area contributed by atoms with Gasteiger partial charge >= 0.3 is 0 Å². The topological polar surface area (TPSA) is 110 Å². The minimum atomic E-state index is 0.519. The summed E-state index contributed by atoms with van der Waals surface area (Å²) in [6.07, 6.45) is 10.2. The van der Waals surface area contributed by atoms with Gasteiger partial charge in [-0.2, -0.15) is 15.8 Å². The van der Waals surface area contributed by atoms with Gasteiger partial charge in [0, 0.05) is 70.6 Å². The summed E-state index contributed by atoms with van der Waals surface area (Å²) in [6.45, 7) is 0. The average molecular weight is 685 g/mol. The van der Waals surface area contributed by atoms with Crippen molar-refractivity contribution < 1.29 is 0 Å². The van der Waals surface area contributed by atoms with E-state index in [4.69, 9.17) is 0 Å². The monoisotopic (exact) mass is 684 g/mol. The molecule has 54 heavy (non-hydrogen) atoms. The number of allylic oxidation sites excluding steroid dienone is 3. The number of pyridine rings is 3. The third-order valence-electron chi connectivity index (χ3n) is 10.6. The van der Waals surface area contributed by atoms with E-state index in [9.17, 15) is 15.8 Å². The number of fused-ring (bicyclic) bond motifs is 12. The van der Waals surface area contributed by atoms with E-state index in [0.29, 0.717) is 16.7 Å². The van der Waals surface area contributed by atoms with Gasteiger partial charge in [-0.3, -0.25) is 15.0 Å². The van der Waals surface area contributed by atoms with Crippen molar-refractivity contribution in [2.45, 2.75) is 0 Å². The maximum atomic E-state index is 11.1. The van der Waals surface area contributed by atoms with Crippen molar-refractivity contribution in [1.29, 1.82) is 15.8 Å². The molecule has 6 heteroatoms. The zero-order valence-corrected chi connectivity index (χ0v) is 28.5. The van der Waals surface area contributed by atoms with Gasteiger partial charge in [0.1, 0.15) is 18.2 Å². The van der Waals surface area contributed by atoms with Crippen LogP contribution >= 0.6 is 0 Å². The van der Waals surface area contributed by atoms with Gasteiger partial charge in [-0.15, -0.1) is 0 Å². The van der Waals surface area contributed by atoms with Crippen LogP contribution in [-0.4, -0.2) is 15.0 Å². The van der Waals surface area contributed by atoms with E-state index >= 15 is 0 Å². The molecule has 246 valence electrons. The van der Waals surface area contributed by atoms with Gasteiger partial charge in [0.2, 0.25) is 0 Å². The first-order valence-electron chi connectivity index (χ1n) is 17.4. The lowest BCUT2D eigenvalue weighted by Gasteiger charge is -2.20. The molecule has 10 rings (SSSR count). The predicted octanol–water partition coefficient (Wildman–Crippen LogP) is 10.3. The molecule has 3 aliphatic carbocycles. The van der Waals surface area contributed by atoms with Crippen LogP contribution in [0.5, 0.6) is 0 Å². The van der Waals surface area contributed by atoms with Crippen LogP contribution in [0.4, 0.5) is 0 Å². The average Bonchev–Trinajstić information content (AvgIpc) is 3.87. The highest BCUT2D eigenvalue weighted by molar-refractivity contribution is 6.29. The Morgan fingerprint density at radius 2 is 0.556 bits per heavy atom. The molecule has 6 nitrogen and oxygen atoms in total. The summed E-state index contributed by atoms with van der Waals surface area (Å²) in [5.74, 6) is 0. The Balaban J connectivity index is 1.51. The molecule has 0 bridgehead atoms. The molecule has 0 atom stereocenters. The van der Waals surface area contributed by atoms with E-state index in [1.807, 2.05) is 72.8 Å². The molecule has 0 unspecified atom stereocenters. The molecular weight excluding hydrogens is 661 g/mol. The number of hydrogen-bond donors (Lipinski definition) is 0. The lowest BCUT2D eigenvalue weighted by atomic mass is 9.81. The van der Waals surface area contributed by atoms with Crippen LogP contribution in [0.1, 0.15) is 50.1 Å². The van der Waals surface area contributed by atoms with Crippen LogP contribution in [0.25, 0.3) is 66.8 Å². The second-order valence-corrected chi connectivity index (χ2v) is 13.2. The molecule has 0 saturated carbocycles. The first kappa shape index (κ1) is 30.8. The van der Waals surface area contributed by atoms with Crippen LogP contribution in [0.2, 0.25) is 0 Å². The Hall–Kier alpha value is -7.98. The first-order valence-corrected chi connectivity index (χ1v) is 17.4. The quantitative estimate of drug-likeness (QED) is 0.171. The molecule has 0 spiro atoms. The molecule has 3 aliphatic rings. The molecule has 0 radical (unpaired) electrons. The molecule has 0 N–H and O–H groups in total. The normalized spacial score (nSPS) is 15.3. The fourth-order valence-corrected chi connectivity index (χ4v) is 8.60. The number of hydrogen-bond acceptors (Lipinski definition) is 6. The third-order valence-corrected chi connectivity index (χ3v) is 10.6. The van der Waals surface area contributed by atoms with Crippen molar-refractivity contribution in [3.05, 3.63) is 196 Å². The lowest BCUT2D eigenvalue weighted by Crippen LogP contribution is -2.00. The van der Waals surface area contributed by atoms with Gasteiger partial charge in [-0.1, -0.05) is 72.8 Å². The van der Waals surface area contributed by atoms with Crippen molar-refractivity contribution in [3.8, 4) is 51.6 Å². The van der Waals surface area contributed by atoms with Gasteiger partial charge < -0.3 is 0 Å². The summed E-state index contributed by atoms with van der Waals surface area (Å²) in [5.41, 5.74) is 17.6. The summed E-state index contributed by atoms with van der Waals surface area (Å²) in [4.78, 5) is 12.8. The maximum Gasteiger partial charge on any atom is 0.100 e. The van der Waals surface area contributed by atoms with Gasteiger partial charge in [-0.25, -0.2) is 0 Å². The third kappa shape index (κ3) is 4.22. The van der Waals surface area contributed by atoms with Crippen LogP contribution in [0, 0.1) is 34.0 Å². The second kappa shape index (κ2) is 12.1. The standard InChI is InChI=1S/C48H24N6/c49-25-37(28-13-19-52-20-14-28)40-31-7-1-4-10-34(31)43-46(40)44-35-11-5-2-8-32(35)42(39(27-51)30-17-23-54-24-18-30)48(44)45-36-12-6-3-9-33(36)41(47(43)45)38(26-50)29-15-21-53-22-16-29/h1-24H. The number of rotatable bonds is 3. The van der Waals surface area contributed by atoms with Gasteiger partial charge in [0.15, 0.2) is 0 Å². The van der Waals surface area contributed by atoms with Crippen molar-refractivity contribution in [3.63, 3.8) is 0 Å². The first-order chi connectivity index (χ1) is 26.7. The van der Waals surface area contributed by atoms with Gasteiger partial charge in [0.25, 0.3) is 0 Å². The van der Waals surface area contributed by atoms with Crippen molar-refractivity contribution >= 4 is 33.4 Å². The molecule has 0 saturated heterocycles. The molecular formula is C48H24N6. The molecule has 0 fully saturated rings. The number of benzene rings is 4. The predicted molar refractivity (Wildman–Crippen MR) is 210 cm³/mol. The Morgan fingerprint density at radius 1 is 0.315 bits per heavy atom.